The normalized spacial score (nSPS) is 10.2. The smallest absolute Gasteiger partial charge is 0.254 e. The maximum absolute atomic E-state index is 12.0. The Hall–Kier alpha value is -2.11. The molecule has 0 spiro atoms. The van der Waals surface area contributed by atoms with Crippen molar-refractivity contribution < 1.29 is 4.79 Å². The van der Waals surface area contributed by atoms with E-state index in [9.17, 15) is 4.79 Å². The van der Waals surface area contributed by atoms with E-state index in [0.29, 0.717) is 41.1 Å². The Balaban J connectivity index is 1.85. The summed E-state index contributed by atoms with van der Waals surface area (Å²) in [6.45, 7) is 4.61. The van der Waals surface area contributed by atoms with Crippen molar-refractivity contribution in [1.29, 1.82) is 0 Å². The van der Waals surface area contributed by atoms with Crippen LogP contribution in [0.3, 0.4) is 0 Å². The predicted octanol–water partition coefficient (Wildman–Crippen LogP) is 3.35. The van der Waals surface area contributed by atoms with Crippen molar-refractivity contribution in [2.45, 2.75) is 6.42 Å². The van der Waals surface area contributed by atoms with Gasteiger partial charge in [0.2, 0.25) is 5.95 Å². The lowest BCUT2D eigenvalue weighted by molar-refractivity contribution is 0.0953. The van der Waals surface area contributed by atoms with Crippen LogP contribution < -0.4 is 10.6 Å². The standard InChI is InChI=1S/C16H16Cl2N4O/c1-2-6-20-16-21-9-12(10-22-16)15(23)19-7-5-11-3-4-13(17)8-14(11)18/h2-4,8-10H,1,5-7H2,(H,19,23)(H,20,21,22). The van der Waals surface area contributed by atoms with E-state index in [-0.39, 0.29) is 5.91 Å². The topological polar surface area (TPSA) is 66.9 Å². The molecule has 2 rings (SSSR count). The number of hydrogen-bond acceptors (Lipinski definition) is 4. The van der Waals surface area contributed by atoms with Gasteiger partial charge in [0, 0.05) is 35.5 Å². The van der Waals surface area contributed by atoms with E-state index in [1.54, 1.807) is 18.2 Å². The molecule has 5 nitrogen and oxygen atoms in total. The number of hydrogen-bond donors (Lipinski definition) is 2. The number of carbonyl (C=O) groups is 1. The number of halogens is 2. The first-order chi connectivity index (χ1) is 11.1. The summed E-state index contributed by atoms with van der Waals surface area (Å²) in [5.41, 5.74) is 1.33. The summed E-state index contributed by atoms with van der Waals surface area (Å²) in [5, 5.41) is 6.92. The molecule has 0 fully saturated rings. The van der Waals surface area contributed by atoms with Crippen LogP contribution in [0.15, 0.2) is 43.2 Å². The van der Waals surface area contributed by atoms with Gasteiger partial charge in [-0.05, 0) is 24.1 Å². The first-order valence-electron chi connectivity index (χ1n) is 6.99. The molecule has 0 saturated heterocycles. The molecule has 2 aromatic rings. The highest BCUT2D eigenvalue weighted by molar-refractivity contribution is 6.35. The highest BCUT2D eigenvalue weighted by atomic mass is 35.5. The fourth-order valence-corrected chi connectivity index (χ4v) is 2.34. The van der Waals surface area contributed by atoms with Crippen LogP contribution in [0.4, 0.5) is 5.95 Å². The van der Waals surface area contributed by atoms with Crippen LogP contribution in [0.5, 0.6) is 0 Å². The fourth-order valence-electron chi connectivity index (χ4n) is 1.84. The van der Waals surface area contributed by atoms with Crippen molar-refractivity contribution in [2.24, 2.45) is 0 Å². The Morgan fingerprint density at radius 2 is 2.00 bits per heavy atom. The predicted molar refractivity (Wildman–Crippen MR) is 93.2 cm³/mol. The molecule has 0 aliphatic heterocycles. The average Bonchev–Trinajstić information content (AvgIpc) is 2.55. The van der Waals surface area contributed by atoms with E-state index >= 15 is 0 Å². The number of rotatable bonds is 7. The van der Waals surface area contributed by atoms with Gasteiger partial charge in [-0.3, -0.25) is 4.79 Å². The Bertz CT molecular complexity index is 689. The maximum atomic E-state index is 12.0. The van der Waals surface area contributed by atoms with Crippen molar-refractivity contribution in [2.75, 3.05) is 18.4 Å². The van der Waals surface area contributed by atoms with Gasteiger partial charge < -0.3 is 10.6 Å². The third-order valence-electron chi connectivity index (χ3n) is 3.01. The van der Waals surface area contributed by atoms with Crippen LogP contribution in [0, 0.1) is 0 Å². The van der Waals surface area contributed by atoms with Gasteiger partial charge in [-0.25, -0.2) is 9.97 Å². The lowest BCUT2D eigenvalue weighted by Crippen LogP contribution is -2.26. The van der Waals surface area contributed by atoms with Crippen molar-refractivity contribution in [3.05, 3.63) is 64.4 Å². The van der Waals surface area contributed by atoms with Crippen molar-refractivity contribution in [3.63, 3.8) is 0 Å². The number of aromatic nitrogens is 2. The molecule has 0 bridgehead atoms. The average molecular weight is 351 g/mol. The molecule has 0 saturated carbocycles. The summed E-state index contributed by atoms with van der Waals surface area (Å²) in [5.74, 6) is 0.222. The van der Waals surface area contributed by atoms with E-state index < -0.39 is 0 Å². The fraction of sp³-hybridized carbons (Fsp3) is 0.188. The summed E-state index contributed by atoms with van der Waals surface area (Å²) in [7, 11) is 0. The molecule has 7 heteroatoms. The number of anilines is 1. The lowest BCUT2D eigenvalue weighted by Gasteiger charge is -2.07. The second kappa shape index (κ2) is 8.50. The summed E-state index contributed by atoms with van der Waals surface area (Å²) in [6, 6.07) is 5.30. The van der Waals surface area contributed by atoms with Crippen LogP contribution >= 0.6 is 23.2 Å². The minimum absolute atomic E-state index is 0.231. The SMILES string of the molecule is C=CCNc1ncc(C(=O)NCCc2ccc(Cl)cc2Cl)cn1. The quantitative estimate of drug-likeness (QED) is 0.751. The summed E-state index contributed by atoms with van der Waals surface area (Å²) in [6.07, 6.45) is 5.26. The number of nitrogens with zero attached hydrogens (tertiary/aromatic N) is 2. The van der Waals surface area contributed by atoms with Gasteiger partial charge in [0.05, 0.1) is 5.56 Å². The van der Waals surface area contributed by atoms with Crippen LogP contribution in [-0.2, 0) is 6.42 Å². The monoisotopic (exact) mass is 350 g/mol. The maximum Gasteiger partial charge on any atom is 0.254 e. The molecule has 120 valence electrons. The Kier molecular flexibility index (Phi) is 6.38. The van der Waals surface area contributed by atoms with Gasteiger partial charge in [-0.15, -0.1) is 6.58 Å². The van der Waals surface area contributed by atoms with E-state index in [1.807, 2.05) is 6.07 Å². The van der Waals surface area contributed by atoms with Gasteiger partial charge in [-0.1, -0.05) is 35.3 Å². The van der Waals surface area contributed by atoms with Crippen molar-refractivity contribution in [3.8, 4) is 0 Å². The van der Waals surface area contributed by atoms with Crippen LogP contribution in [-0.4, -0.2) is 29.0 Å². The van der Waals surface area contributed by atoms with Gasteiger partial charge in [-0.2, -0.15) is 0 Å². The summed E-state index contributed by atoms with van der Waals surface area (Å²) in [4.78, 5) is 20.1. The third-order valence-corrected chi connectivity index (χ3v) is 3.60. The highest BCUT2D eigenvalue weighted by Gasteiger charge is 2.07. The Morgan fingerprint density at radius 1 is 1.26 bits per heavy atom. The second-order valence-electron chi connectivity index (χ2n) is 4.71. The van der Waals surface area contributed by atoms with Gasteiger partial charge in [0.15, 0.2) is 0 Å². The molecule has 23 heavy (non-hydrogen) atoms. The van der Waals surface area contributed by atoms with Crippen molar-refractivity contribution >= 4 is 35.1 Å². The van der Waals surface area contributed by atoms with Gasteiger partial charge in [0.1, 0.15) is 0 Å². The zero-order chi connectivity index (χ0) is 16.7. The van der Waals surface area contributed by atoms with Crippen LogP contribution in [0.1, 0.15) is 15.9 Å². The first kappa shape index (κ1) is 17.2. The molecule has 0 aliphatic rings. The summed E-state index contributed by atoms with van der Waals surface area (Å²) >= 11 is 11.9. The number of carbonyl (C=O) groups excluding carboxylic acids is 1. The molecule has 2 N–H and O–H groups in total. The van der Waals surface area contributed by atoms with E-state index in [2.05, 4.69) is 27.2 Å². The molecule has 1 amide bonds. The molecule has 0 radical (unpaired) electrons. The van der Waals surface area contributed by atoms with E-state index in [4.69, 9.17) is 23.2 Å². The minimum atomic E-state index is -0.231. The molecule has 1 aromatic carbocycles. The third kappa shape index (κ3) is 5.23. The number of amides is 1. The van der Waals surface area contributed by atoms with E-state index in [1.165, 1.54) is 12.4 Å². The van der Waals surface area contributed by atoms with E-state index in [0.717, 1.165) is 5.56 Å². The molecule has 0 unspecified atom stereocenters. The van der Waals surface area contributed by atoms with Crippen molar-refractivity contribution in [1.82, 2.24) is 15.3 Å². The Labute approximate surface area is 144 Å². The number of benzene rings is 1. The molecule has 1 aromatic heterocycles. The molecular formula is C16H16Cl2N4O. The highest BCUT2D eigenvalue weighted by Crippen LogP contribution is 2.21. The summed E-state index contributed by atoms with van der Waals surface area (Å²) < 4.78 is 0. The molecule has 0 atom stereocenters. The zero-order valence-corrected chi connectivity index (χ0v) is 13.9. The minimum Gasteiger partial charge on any atom is -0.352 e. The van der Waals surface area contributed by atoms with Crippen LogP contribution in [0.2, 0.25) is 10.0 Å². The number of nitrogens with one attached hydrogen (secondary N) is 2. The largest absolute Gasteiger partial charge is 0.352 e. The molecule has 1 heterocycles. The second-order valence-corrected chi connectivity index (χ2v) is 5.55. The Morgan fingerprint density at radius 3 is 2.65 bits per heavy atom. The lowest BCUT2D eigenvalue weighted by atomic mass is 10.1. The zero-order valence-electron chi connectivity index (χ0n) is 12.4. The van der Waals surface area contributed by atoms with Gasteiger partial charge in [0.25, 0.3) is 5.91 Å². The van der Waals surface area contributed by atoms with Gasteiger partial charge >= 0.3 is 0 Å². The first-order valence-corrected chi connectivity index (χ1v) is 7.74. The molecular weight excluding hydrogens is 335 g/mol. The van der Waals surface area contributed by atoms with Crippen LogP contribution in [0.25, 0.3) is 0 Å². The molecule has 0 aliphatic carbocycles.